The summed E-state index contributed by atoms with van der Waals surface area (Å²) in [5, 5.41) is 5.28. The van der Waals surface area contributed by atoms with E-state index in [1.807, 2.05) is 20.8 Å². The Morgan fingerprint density at radius 1 is 1.38 bits per heavy atom. The summed E-state index contributed by atoms with van der Waals surface area (Å²) in [7, 11) is 0. The molecule has 0 saturated carbocycles. The van der Waals surface area contributed by atoms with E-state index in [4.69, 9.17) is 0 Å². The van der Waals surface area contributed by atoms with Crippen LogP contribution in [0.4, 0.5) is 14.9 Å². The van der Waals surface area contributed by atoms with Gasteiger partial charge in [-0.3, -0.25) is 0 Å². The van der Waals surface area contributed by atoms with Crippen molar-refractivity contribution < 1.29 is 9.18 Å². The quantitative estimate of drug-likeness (QED) is 0.796. The van der Waals surface area contributed by atoms with E-state index in [0.717, 1.165) is 0 Å². The van der Waals surface area contributed by atoms with E-state index < -0.39 is 0 Å². The van der Waals surface area contributed by atoms with Crippen LogP contribution < -0.4 is 10.6 Å². The Kier molecular flexibility index (Phi) is 3.88. The topological polar surface area (TPSA) is 41.1 Å². The molecule has 4 heteroatoms. The molecule has 0 aliphatic heterocycles. The lowest BCUT2D eigenvalue weighted by Gasteiger charge is -2.18. The van der Waals surface area contributed by atoms with E-state index in [-0.39, 0.29) is 17.3 Å². The van der Waals surface area contributed by atoms with Gasteiger partial charge in [0.2, 0.25) is 0 Å². The fourth-order valence-electron chi connectivity index (χ4n) is 1.09. The number of nitrogens with one attached hydrogen (secondary N) is 2. The van der Waals surface area contributed by atoms with Crippen molar-refractivity contribution >= 4 is 11.7 Å². The molecule has 0 spiro atoms. The molecular weight excluding hydrogens is 207 g/mol. The van der Waals surface area contributed by atoms with Crippen LogP contribution in [0.25, 0.3) is 0 Å². The van der Waals surface area contributed by atoms with Crippen LogP contribution in [0.3, 0.4) is 0 Å². The van der Waals surface area contributed by atoms with Gasteiger partial charge in [-0.15, -0.1) is 0 Å². The zero-order valence-corrected chi connectivity index (χ0v) is 9.80. The first-order valence-corrected chi connectivity index (χ1v) is 5.17. The fourth-order valence-corrected chi connectivity index (χ4v) is 1.09. The highest BCUT2D eigenvalue weighted by atomic mass is 19.1. The van der Waals surface area contributed by atoms with Gasteiger partial charge in [-0.1, -0.05) is 26.8 Å². The SMILES string of the molecule is CC(C)(C)CNC(=O)Nc1cccc(F)c1. The fraction of sp³-hybridized carbons (Fsp3) is 0.417. The number of halogens is 1. The summed E-state index contributed by atoms with van der Waals surface area (Å²) in [6.45, 7) is 6.63. The lowest BCUT2D eigenvalue weighted by molar-refractivity contribution is 0.247. The van der Waals surface area contributed by atoms with Crippen molar-refractivity contribution in [2.45, 2.75) is 20.8 Å². The van der Waals surface area contributed by atoms with Gasteiger partial charge in [0, 0.05) is 12.2 Å². The van der Waals surface area contributed by atoms with Gasteiger partial charge in [0.05, 0.1) is 0 Å². The number of hydrogen-bond acceptors (Lipinski definition) is 1. The summed E-state index contributed by atoms with van der Waals surface area (Å²) in [6.07, 6.45) is 0. The molecule has 2 N–H and O–H groups in total. The molecule has 0 unspecified atom stereocenters. The molecule has 0 atom stereocenters. The van der Waals surface area contributed by atoms with Crippen LogP contribution in [-0.4, -0.2) is 12.6 Å². The molecular formula is C12H17FN2O. The number of carbonyl (C=O) groups excluding carboxylic acids is 1. The van der Waals surface area contributed by atoms with Crippen LogP contribution in [0.5, 0.6) is 0 Å². The number of anilines is 1. The standard InChI is InChI=1S/C12H17FN2O/c1-12(2,3)8-14-11(16)15-10-6-4-5-9(13)7-10/h4-7H,8H2,1-3H3,(H2,14,15,16). The lowest BCUT2D eigenvalue weighted by atomic mass is 9.97. The lowest BCUT2D eigenvalue weighted by Crippen LogP contribution is -2.35. The van der Waals surface area contributed by atoms with Crippen molar-refractivity contribution in [1.82, 2.24) is 5.32 Å². The van der Waals surface area contributed by atoms with Gasteiger partial charge < -0.3 is 10.6 Å². The number of benzene rings is 1. The van der Waals surface area contributed by atoms with Crippen LogP contribution in [0.2, 0.25) is 0 Å². The molecule has 1 aromatic rings. The second-order valence-corrected chi connectivity index (χ2v) is 4.88. The third kappa shape index (κ3) is 4.77. The highest BCUT2D eigenvalue weighted by molar-refractivity contribution is 5.89. The molecule has 0 aliphatic rings. The molecule has 88 valence electrons. The maximum Gasteiger partial charge on any atom is 0.319 e. The zero-order chi connectivity index (χ0) is 12.2. The number of rotatable bonds is 2. The summed E-state index contributed by atoms with van der Waals surface area (Å²) in [4.78, 5) is 11.4. The largest absolute Gasteiger partial charge is 0.337 e. The molecule has 0 bridgehead atoms. The average molecular weight is 224 g/mol. The van der Waals surface area contributed by atoms with Gasteiger partial charge in [0.1, 0.15) is 5.82 Å². The Hall–Kier alpha value is -1.58. The molecule has 0 radical (unpaired) electrons. The number of urea groups is 1. The van der Waals surface area contributed by atoms with Crippen LogP contribution in [-0.2, 0) is 0 Å². The van der Waals surface area contributed by atoms with Crippen LogP contribution in [0.15, 0.2) is 24.3 Å². The highest BCUT2D eigenvalue weighted by Gasteiger charge is 2.11. The van der Waals surface area contributed by atoms with Gasteiger partial charge in [-0.25, -0.2) is 9.18 Å². The van der Waals surface area contributed by atoms with E-state index in [0.29, 0.717) is 12.2 Å². The molecule has 2 amide bonds. The average Bonchev–Trinajstić information content (AvgIpc) is 2.14. The van der Waals surface area contributed by atoms with Crippen molar-refractivity contribution in [3.05, 3.63) is 30.1 Å². The first kappa shape index (κ1) is 12.5. The van der Waals surface area contributed by atoms with Gasteiger partial charge in [-0.05, 0) is 23.6 Å². The molecule has 16 heavy (non-hydrogen) atoms. The van der Waals surface area contributed by atoms with Crippen molar-refractivity contribution in [2.75, 3.05) is 11.9 Å². The second kappa shape index (κ2) is 4.96. The van der Waals surface area contributed by atoms with Crippen LogP contribution in [0.1, 0.15) is 20.8 Å². The third-order valence-corrected chi connectivity index (χ3v) is 1.86. The summed E-state index contributed by atoms with van der Waals surface area (Å²) in [5.74, 6) is -0.367. The predicted octanol–water partition coefficient (Wildman–Crippen LogP) is 2.99. The number of hydrogen-bond donors (Lipinski definition) is 2. The highest BCUT2D eigenvalue weighted by Crippen LogP contribution is 2.11. The molecule has 0 aromatic heterocycles. The Labute approximate surface area is 95.0 Å². The van der Waals surface area contributed by atoms with Crippen molar-refractivity contribution in [3.8, 4) is 0 Å². The Bertz CT molecular complexity index is 372. The first-order valence-electron chi connectivity index (χ1n) is 5.17. The van der Waals surface area contributed by atoms with E-state index in [9.17, 15) is 9.18 Å². The molecule has 1 aromatic carbocycles. The number of amides is 2. The maximum atomic E-state index is 12.8. The van der Waals surface area contributed by atoms with Gasteiger partial charge in [0.15, 0.2) is 0 Å². The minimum Gasteiger partial charge on any atom is -0.337 e. The van der Waals surface area contributed by atoms with Crippen molar-refractivity contribution in [3.63, 3.8) is 0 Å². The minimum absolute atomic E-state index is 0.0271. The van der Waals surface area contributed by atoms with E-state index >= 15 is 0 Å². The summed E-state index contributed by atoms with van der Waals surface area (Å²) >= 11 is 0. The summed E-state index contributed by atoms with van der Waals surface area (Å²) in [6, 6.07) is 5.48. The van der Waals surface area contributed by atoms with E-state index in [1.54, 1.807) is 12.1 Å². The van der Waals surface area contributed by atoms with Crippen LogP contribution >= 0.6 is 0 Å². The monoisotopic (exact) mass is 224 g/mol. The second-order valence-electron chi connectivity index (χ2n) is 4.88. The molecule has 0 heterocycles. The predicted molar refractivity (Wildman–Crippen MR) is 62.9 cm³/mol. The Balaban J connectivity index is 2.46. The summed E-state index contributed by atoms with van der Waals surface area (Å²) < 4.78 is 12.8. The molecule has 0 fully saturated rings. The molecule has 0 aliphatic carbocycles. The number of carbonyl (C=O) groups is 1. The van der Waals surface area contributed by atoms with E-state index in [2.05, 4.69) is 10.6 Å². The first-order chi connectivity index (χ1) is 7.37. The van der Waals surface area contributed by atoms with Crippen molar-refractivity contribution in [2.24, 2.45) is 5.41 Å². The summed E-state index contributed by atoms with van der Waals surface area (Å²) in [5.41, 5.74) is 0.477. The van der Waals surface area contributed by atoms with Gasteiger partial charge in [-0.2, -0.15) is 0 Å². The smallest absolute Gasteiger partial charge is 0.319 e. The third-order valence-electron chi connectivity index (χ3n) is 1.86. The Morgan fingerprint density at radius 3 is 2.62 bits per heavy atom. The molecule has 0 saturated heterocycles. The zero-order valence-electron chi connectivity index (χ0n) is 9.80. The molecule has 1 rings (SSSR count). The minimum atomic E-state index is -0.367. The molecule has 3 nitrogen and oxygen atoms in total. The normalized spacial score (nSPS) is 11.0. The van der Waals surface area contributed by atoms with Gasteiger partial charge in [0.25, 0.3) is 0 Å². The van der Waals surface area contributed by atoms with Crippen molar-refractivity contribution in [1.29, 1.82) is 0 Å². The van der Waals surface area contributed by atoms with E-state index in [1.165, 1.54) is 12.1 Å². The Morgan fingerprint density at radius 2 is 2.06 bits per heavy atom. The van der Waals surface area contributed by atoms with Gasteiger partial charge >= 0.3 is 6.03 Å². The van der Waals surface area contributed by atoms with Crippen LogP contribution in [0, 0.1) is 11.2 Å². The maximum absolute atomic E-state index is 12.8.